The molecule has 0 aromatic carbocycles. The number of aliphatic hydroxyl groups is 1. The molecule has 0 saturated carbocycles. The Labute approximate surface area is 245 Å². The van der Waals surface area contributed by atoms with Gasteiger partial charge in [-0.2, -0.15) is 0 Å². The monoisotopic (exact) mass is 574 g/mol. The van der Waals surface area contributed by atoms with Gasteiger partial charge in [-0.15, -0.1) is 13.2 Å². The van der Waals surface area contributed by atoms with Crippen molar-refractivity contribution in [1.29, 1.82) is 0 Å². The molecule has 6 atom stereocenters. The van der Waals surface area contributed by atoms with Crippen molar-refractivity contribution in [3.63, 3.8) is 0 Å². The summed E-state index contributed by atoms with van der Waals surface area (Å²) in [6, 6.07) is -1.50. The van der Waals surface area contributed by atoms with E-state index in [4.69, 9.17) is 9.47 Å². The minimum atomic E-state index is -1.13. The molecule has 2 unspecified atom stereocenters. The minimum absolute atomic E-state index is 0.102. The lowest BCUT2D eigenvalue weighted by atomic mass is 9.66. The Hall–Kier alpha value is -2.27. The van der Waals surface area contributed by atoms with Gasteiger partial charge in [-0.25, -0.2) is 0 Å². The van der Waals surface area contributed by atoms with Gasteiger partial charge < -0.3 is 29.3 Å². The second kappa shape index (κ2) is 12.9. The maximum Gasteiger partial charge on any atom is 0.248 e. The molecule has 41 heavy (non-hydrogen) atoms. The second-order valence-corrected chi connectivity index (χ2v) is 12.6. The molecule has 2 bridgehead atoms. The molecule has 4 rings (SSSR count). The number of morpholine rings is 1. The summed E-state index contributed by atoms with van der Waals surface area (Å²) in [4.78, 5) is 50.6. The molecule has 1 spiro atoms. The van der Waals surface area contributed by atoms with Gasteiger partial charge in [-0.05, 0) is 32.1 Å². The molecule has 4 aliphatic rings. The number of hydrogen-bond donors (Lipinski definition) is 1. The summed E-state index contributed by atoms with van der Waals surface area (Å²) in [6.07, 6.45) is 5.28. The highest BCUT2D eigenvalue weighted by Crippen LogP contribution is 2.64. The second-order valence-electron chi connectivity index (χ2n) is 12.6. The summed E-state index contributed by atoms with van der Waals surface area (Å²) in [5.41, 5.74) is -1.98. The lowest BCUT2D eigenvalue weighted by Crippen LogP contribution is -2.60. The largest absolute Gasteiger partial charge is 0.394 e. The fourth-order valence-electron chi connectivity index (χ4n) is 7.62. The molecular weight excluding hydrogens is 524 g/mol. The van der Waals surface area contributed by atoms with E-state index in [2.05, 4.69) is 18.1 Å². The van der Waals surface area contributed by atoms with Crippen molar-refractivity contribution in [3.8, 4) is 0 Å². The van der Waals surface area contributed by atoms with Crippen LogP contribution in [0.5, 0.6) is 0 Å². The van der Waals surface area contributed by atoms with Crippen LogP contribution in [0.3, 0.4) is 0 Å². The number of carbonyl (C=O) groups excluding carboxylic acids is 3. The highest BCUT2D eigenvalue weighted by molar-refractivity contribution is 5.99. The molecule has 4 saturated heterocycles. The lowest BCUT2D eigenvalue weighted by molar-refractivity contribution is -0.157. The molecule has 10 nitrogen and oxygen atoms in total. The Bertz CT molecular complexity index is 999. The van der Waals surface area contributed by atoms with E-state index in [1.165, 1.54) is 0 Å². The summed E-state index contributed by atoms with van der Waals surface area (Å²) in [5.74, 6) is -2.19. The van der Waals surface area contributed by atoms with Crippen LogP contribution in [0.2, 0.25) is 0 Å². The number of amides is 3. The van der Waals surface area contributed by atoms with Crippen LogP contribution in [0.15, 0.2) is 25.3 Å². The molecule has 230 valence electrons. The lowest BCUT2D eigenvalue weighted by Gasteiger charge is -2.41. The van der Waals surface area contributed by atoms with Crippen LogP contribution in [-0.4, -0.2) is 131 Å². The maximum absolute atomic E-state index is 14.6. The van der Waals surface area contributed by atoms with Gasteiger partial charge in [0.05, 0.1) is 43.3 Å². The third-order valence-corrected chi connectivity index (χ3v) is 9.63. The van der Waals surface area contributed by atoms with Gasteiger partial charge in [-0.1, -0.05) is 32.9 Å². The normalized spacial score (nSPS) is 31.8. The first-order valence-electron chi connectivity index (χ1n) is 15.3. The highest BCUT2D eigenvalue weighted by atomic mass is 16.5. The Morgan fingerprint density at radius 2 is 1.73 bits per heavy atom. The highest BCUT2D eigenvalue weighted by Gasteiger charge is 2.79. The number of rotatable bonds is 14. The quantitative estimate of drug-likeness (QED) is 0.314. The van der Waals surface area contributed by atoms with E-state index >= 15 is 0 Å². The van der Waals surface area contributed by atoms with E-state index in [1.807, 2.05) is 27.7 Å². The summed E-state index contributed by atoms with van der Waals surface area (Å²) < 4.78 is 12.3. The molecule has 4 aliphatic heterocycles. The van der Waals surface area contributed by atoms with E-state index < -0.39 is 35.1 Å². The molecular formula is C31H50N4O6. The topological polar surface area (TPSA) is 103 Å². The summed E-state index contributed by atoms with van der Waals surface area (Å²) in [5, 5.41) is 10.5. The van der Waals surface area contributed by atoms with Crippen molar-refractivity contribution < 1.29 is 29.0 Å². The Kier molecular flexibility index (Phi) is 9.99. The van der Waals surface area contributed by atoms with Gasteiger partial charge in [0, 0.05) is 45.8 Å². The number of nitrogens with zero attached hydrogens (tertiary/aromatic N) is 4. The van der Waals surface area contributed by atoms with Crippen LogP contribution < -0.4 is 0 Å². The number of hydrogen-bond acceptors (Lipinski definition) is 7. The van der Waals surface area contributed by atoms with E-state index in [1.54, 1.807) is 26.9 Å². The van der Waals surface area contributed by atoms with Crippen LogP contribution in [0.25, 0.3) is 0 Å². The summed E-state index contributed by atoms with van der Waals surface area (Å²) >= 11 is 0. The van der Waals surface area contributed by atoms with Crippen molar-refractivity contribution in [3.05, 3.63) is 25.3 Å². The average molecular weight is 575 g/mol. The van der Waals surface area contributed by atoms with Crippen LogP contribution in [0, 0.1) is 17.8 Å². The van der Waals surface area contributed by atoms with Gasteiger partial charge in [0.15, 0.2) is 0 Å². The Morgan fingerprint density at radius 1 is 1.10 bits per heavy atom. The molecule has 4 heterocycles. The van der Waals surface area contributed by atoms with Gasteiger partial charge in [0.2, 0.25) is 17.7 Å². The smallest absolute Gasteiger partial charge is 0.248 e. The molecule has 0 aromatic heterocycles. The third-order valence-electron chi connectivity index (χ3n) is 9.63. The van der Waals surface area contributed by atoms with Crippen molar-refractivity contribution in [2.45, 2.75) is 70.2 Å². The molecule has 10 heteroatoms. The maximum atomic E-state index is 14.6. The first-order chi connectivity index (χ1) is 19.6. The average Bonchev–Trinajstić information content (AvgIpc) is 3.52. The van der Waals surface area contributed by atoms with Gasteiger partial charge in [0.25, 0.3) is 0 Å². The number of aliphatic hydroxyl groups excluding tert-OH is 1. The predicted molar refractivity (Wildman–Crippen MR) is 156 cm³/mol. The van der Waals surface area contributed by atoms with Crippen LogP contribution >= 0.6 is 0 Å². The van der Waals surface area contributed by atoms with Crippen molar-refractivity contribution in [2.75, 3.05) is 65.6 Å². The van der Waals surface area contributed by atoms with E-state index in [0.717, 1.165) is 19.5 Å². The predicted octanol–water partition coefficient (Wildman–Crippen LogP) is 1.54. The molecule has 0 aromatic rings. The van der Waals surface area contributed by atoms with Crippen LogP contribution in [-0.2, 0) is 23.9 Å². The Balaban J connectivity index is 1.73. The molecule has 3 amide bonds. The Morgan fingerprint density at radius 3 is 2.29 bits per heavy atom. The van der Waals surface area contributed by atoms with Crippen LogP contribution in [0.1, 0.15) is 47.0 Å². The van der Waals surface area contributed by atoms with Gasteiger partial charge in [-0.3, -0.25) is 19.3 Å². The molecule has 0 aliphatic carbocycles. The van der Waals surface area contributed by atoms with Crippen molar-refractivity contribution in [2.24, 2.45) is 17.8 Å². The zero-order chi connectivity index (χ0) is 29.9. The zero-order valence-corrected chi connectivity index (χ0v) is 25.4. The molecule has 0 radical (unpaired) electrons. The van der Waals surface area contributed by atoms with E-state index in [9.17, 15) is 19.5 Å². The number of fused-ring (bicyclic) bond motifs is 1. The van der Waals surface area contributed by atoms with Crippen molar-refractivity contribution >= 4 is 17.7 Å². The number of ether oxygens (including phenoxy) is 2. The summed E-state index contributed by atoms with van der Waals surface area (Å²) in [7, 11) is 0. The minimum Gasteiger partial charge on any atom is -0.394 e. The van der Waals surface area contributed by atoms with Gasteiger partial charge in [0.1, 0.15) is 11.6 Å². The first-order valence-corrected chi connectivity index (χ1v) is 15.3. The first kappa shape index (κ1) is 31.7. The SMILES string of the molecule is C=CCN(CCN1CCOCC1)C(=O)C1N([C@@H](CO)C(C)C)C(=O)[C@@H]2[C@@H](C(=O)N(CC=C)CCC)[C@@]3(C)CCC12O3. The van der Waals surface area contributed by atoms with Gasteiger partial charge >= 0.3 is 0 Å². The van der Waals surface area contributed by atoms with Crippen molar-refractivity contribution in [1.82, 2.24) is 19.6 Å². The van der Waals surface area contributed by atoms with E-state index in [0.29, 0.717) is 58.8 Å². The summed E-state index contributed by atoms with van der Waals surface area (Å²) in [6.45, 7) is 20.6. The fourth-order valence-corrected chi connectivity index (χ4v) is 7.62. The molecule has 4 fully saturated rings. The molecule has 1 N–H and O–H groups in total. The zero-order valence-electron chi connectivity index (χ0n) is 25.4. The van der Waals surface area contributed by atoms with E-state index in [-0.39, 0.29) is 30.2 Å². The standard InChI is InChI=1S/C31H50N4O6/c1-7-12-33(13-8-2)27(37)24-25-28(38)35(23(21-36)22(4)5)26(31(25)11-10-30(24,6)41-31)29(39)34(14-9-3)16-15-32-17-19-40-20-18-32/h7,9,22-26,36H,1,3,8,10-21H2,2,4-6H3/t23-,24-,25-,26?,30+,31?/m0/s1. The third kappa shape index (κ3) is 5.60. The fraction of sp³-hybridized carbons (Fsp3) is 0.774. The van der Waals surface area contributed by atoms with Crippen LogP contribution in [0.4, 0.5) is 0 Å². The number of likely N-dealkylation sites (tertiary alicyclic amines) is 1. The number of carbonyl (C=O) groups is 3.